The first-order valence-corrected chi connectivity index (χ1v) is 5.40. The van der Waals surface area contributed by atoms with E-state index in [2.05, 4.69) is 23.4 Å². The van der Waals surface area contributed by atoms with Gasteiger partial charge in [0.1, 0.15) is 0 Å². The van der Waals surface area contributed by atoms with Crippen molar-refractivity contribution in [1.82, 2.24) is 5.32 Å². The molecule has 84 valence electrons. The molecular weight excluding hydrogens is 198 g/mol. The number of carbonyl (C=O) groups excluding carboxylic acids is 1. The van der Waals surface area contributed by atoms with E-state index in [1.165, 1.54) is 5.56 Å². The zero-order valence-electron chi connectivity index (χ0n) is 9.84. The van der Waals surface area contributed by atoms with Crippen molar-refractivity contribution in [1.29, 1.82) is 0 Å². The number of hydrogen-bond donors (Lipinski definition) is 1. The van der Waals surface area contributed by atoms with E-state index in [-0.39, 0.29) is 5.91 Å². The number of terminal acetylenes is 1. The molecule has 0 atom stereocenters. The van der Waals surface area contributed by atoms with Gasteiger partial charge in [0, 0.05) is 13.0 Å². The molecule has 0 saturated carbocycles. The van der Waals surface area contributed by atoms with Crippen LogP contribution < -0.4 is 5.32 Å². The Morgan fingerprint density at radius 2 is 2.19 bits per heavy atom. The first-order valence-electron chi connectivity index (χ1n) is 5.40. The maximum absolute atomic E-state index is 11.6. The standard InChI is InChI=1S/C14H17NO/c1-4-5-8-15-14(16)10-13-9-11(2)6-7-12(13)3/h1,6-7,9H,5,8,10H2,2-3H3,(H,15,16). The van der Waals surface area contributed by atoms with E-state index < -0.39 is 0 Å². The average molecular weight is 215 g/mol. The van der Waals surface area contributed by atoms with Crippen molar-refractivity contribution in [3.8, 4) is 12.3 Å². The van der Waals surface area contributed by atoms with Crippen LogP contribution in [0, 0.1) is 26.2 Å². The lowest BCUT2D eigenvalue weighted by molar-refractivity contribution is -0.120. The molecule has 0 fully saturated rings. The normalized spacial score (nSPS) is 9.56. The number of carbonyl (C=O) groups is 1. The molecule has 0 saturated heterocycles. The molecule has 0 spiro atoms. The van der Waals surface area contributed by atoms with Crippen LogP contribution >= 0.6 is 0 Å². The lowest BCUT2D eigenvalue weighted by Crippen LogP contribution is -2.26. The first-order chi connectivity index (χ1) is 7.63. The Morgan fingerprint density at radius 3 is 2.88 bits per heavy atom. The van der Waals surface area contributed by atoms with Crippen molar-refractivity contribution in [2.24, 2.45) is 0 Å². The predicted molar refractivity (Wildman–Crippen MR) is 66.1 cm³/mol. The molecule has 2 heteroatoms. The van der Waals surface area contributed by atoms with Crippen LogP contribution in [0.15, 0.2) is 18.2 Å². The minimum Gasteiger partial charge on any atom is -0.355 e. The SMILES string of the molecule is C#CCCNC(=O)Cc1cc(C)ccc1C. The Balaban J connectivity index is 2.56. The van der Waals surface area contributed by atoms with Crippen molar-refractivity contribution in [3.05, 3.63) is 34.9 Å². The van der Waals surface area contributed by atoms with Crippen LogP contribution in [0.2, 0.25) is 0 Å². The van der Waals surface area contributed by atoms with Gasteiger partial charge in [-0.25, -0.2) is 0 Å². The molecule has 0 bridgehead atoms. The molecule has 1 N–H and O–H groups in total. The summed E-state index contributed by atoms with van der Waals surface area (Å²) in [5.74, 6) is 2.52. The molecule has 0 aliphatic heterocycles. The van der Waals surface area contributed by atoms with Gasteiger partial charge >= 0.3 is 0 Å². The molecule has 1 aromatic carbocycles. The molecule has 1 aromatic rings. The molecule has 0 aromatic heterocycles. The second-order valence-corrected chi connectivity index (χ2v) is 3.91. The van der Waals surface area contributed by atoms with Crippen molar-refractivity contribution in [2.45, 2.75) is 26.7 Å². The van der Waals surface area contributed by atoms with Crippen molar-refractivity contribution in [3.63, 3.8) is 0 Å². The summed E-state index contributed by atoms with van der Waals surface area (Å²) in [5, 5.41) is 2.80. The van der Waals surface area contributed by atoms with Crippen LogP contribution in [0.1, 0.15) is 23.1 Å². The van der Waals surface area contributed by atoms with Gasteiger partial charge in [-0.1, -0.05) is 23.8 Å². The maximum Gasteiger partial charge on any atom is 0.224 e. The summed E-state index contributed by atoms with van der Waals surface area (Å²) in [4.78, 5) is 11.6. The van der Waals surface area contributed by atoms with E-state index >= 15 is 0 Å². The smallest absolute Gasteiger partial charge is 0.224 e. The molecule has 0 heterocycles. The second-order valence-electron chi connectivity index (χ2n) is 3.91. The lowest BCUT2D eigenvalue weighted by atomic mass is 10.0. The molecule has 0 aliphatic carbocycles. The van der Waals surface area contributed by atoms with Gasteiger partial charge in [0.2, 0.25) is 5.91 Å². The fourth-order valence-electron chi connectivity index (χ4n) is 1.50. The molecular formula is C14H17NO. The molecule has 1 amide bonds. The largest absolute Gasteiger partial charge is 0.355 e. The number of rotatable bonds is 4. The summed E-state index contributed by atoms with van der Waals surface area (Å²) in [6.45, 7) is 4.60. The third-order valence-electron chi connectivity index (χ3n) is 2.45. The van der Waals surface area contributed by atoms with Crippen LogP contribution in [-0.4, -0.2) is 12.5 Å². The molecule has 16 heavy (non-hydrogen) atoms. The van der Waals surface area contributed by atoms with E-state index in [1.54, 1.807) is 0 Å². The van der Waals surface area contributed by atoms with Gasteiger partial charge in [-0.3, -0.25) is 4.79 Å². The minimum absolute atomic E-state index is 0.0314. The first kappa shape index (κ1) is 12.3. The Hall–Kier alpha value is -1.75. The summed E-state index contributed by atoms with van der Waals surface area (Å²) in [6, 6.07) is 6.14. The van der Waals surface area contributed by atoms with Gasteiger partial charge in [0.15, 0.2) is 0 Å². The third kappa shape index (κ3) is 3.78. The summed E-state index contributed by atoms with van der Waals surface area (Å²) in [6.07, 6.45) is 6.12. The van der Waals surface area contributed by atoms with E-state index in [4.69, 9.17) is 6.42 Å². The van der Waals surface area contributed by atoms with Gasteiger partial charge in [0.05, 0.1) is 6.42 Å². The summed E-state index contributed by atoms with van der Waals surface area (Å²) in [5.41, 5.74) is 3.41. The monoisotopic (exact) mass is 215 g/mol. The Labute approximate surface area is 97.1 Å². The highest BCUT2D eigenvalue weighted by molar-refractivity contribution is 5.78. The number of amides is 1. The highest BCUT2D eigenvalue weighted by Gasteiger charge is 2.05. The van der Waals surface area contributed by atoms with E-state index in [1.807, 2.05) is 19.9 Å². The van der Waals surface area contributed by atoms with Crippen LogP contribution in [0.25, 0.3) is 0 Å². The summed E-state index contributed by atoms with van der Waals surface area (Å²) in [7, 11) is 0. The highest BCUT2D eigenvalue weighted by atomic mass is 16.1. The zero-order chi connectivity index (χ0) is 12.0. The third-order valence-corrected chi connectivity index (χ3v) is 2.45. The average Bonchev–Trinajstić information content (AvgIpc) is 2.24. The highest BCUT2D eigenvalue weighted by Crippen LogP contribution is 2.11. The van der Waals surface area contributed by atoms with E-state index in [0.29, 0.717) is 19.4 Å². The summed E-state index contributed by atoms with van der Waals surface area (Å²) < 4.78 is 0. The predicted octanol–water partition coefficient (Wildman–Crippen LogP) is 1.99. The maximum atomic E-state index is 11.6. The van der Waals surface area contributed by atoms with Crippen molar-refractivity contribution >= 4 is 5.91 Å². The number of hydrogen-bond acceptors (Lipinski definition) is 1. The molecule has 2 nitrogen and oxygen atoms in total. The lowest BCUT2D eigenvalue weighted by Gasteiger charge is -2.07. The van der Waals surface area contributed by atoms with Crippen LogP contribution in [0.4, 0.5) is 0 Å². The molecule has 0 unspecified atom stereocenters. The quantitative estimate of drug-likeness (QED) is 0.604. The van der Waals surface area contributed by atoms with Gasteiger partial charge < -0.3 is 5.32 Å². The second kappa shape index (κ2) is 5.97. The number of nitrogens with one attached hydrogen (secondary N) is 1. The Morgan fingerprint density at radius 1 is 1.44 bits per heavy atom. The fraction of sp³-hybridized carbons (Fsp3) is 0.357. The van der Waals surface area contributed by atoms with Crippen molar-refractivity contribution in [2.75, 3.05) is 6.54 Å². The van der Waals surface area contributed by atoms with Crippen LogP contribution in [0.5, 0.6) is 0 Å². The Bertz CT molecular complexity index is 415. The van der Waals surface area contributed by atoms with E-state index in [0.717, 1.165) is 11.1 Å². The van der Waals surface area contributed by atoms with E-state index in [9.17, 15) is 4.79 Å². The molecule has 1 rings (SSSR count). The zero-order valence-corrected chi connectivity index (χ0v) is 9.84. The van der Waals surface area contributed by atoms with Crippen LogP contribution in [-0.2, 0) is 11.2 Å². The minimum atomic E-state index is 0.0314. The van der Waals surface area contributed by atoms with Crippen molar-refractivity contribution < 1.29 is 4.79 Å². The molecule has 0 aliphatic rings. The number of aryl methyl sites for hydroxylation is 2. The van der Waals surface area contributed by atoms with Gasteiger partial charge in [-0.15, -0.1) is 12.3 Å². The van der Waals surface area contributed by atoms with Crippen LogP contribution in [0.3, 0.4) is 0 Å². The fourth-order valence-corrected chi connectivity index (χ4v) is 1.50. The molecule has 0 radical (unpaired) electrons. The van der Waals surface area contributed by atoms with Gasteiger partial charge in [-0.05, 0) is 25.0 Å². The van der Waals surface area contributed by atoms with Gasteiger partial charge in [-0.2, -0.15) is 0 Å². The summed E-state index contributed by atoms with van der Waals surface area (Å²) >= 11 is 0. The number of benzene rings is 1. The van der Waals surface area contributed by atoms with Gasteiger partial charge in [0.25, 0.3) is 0 Å². The topological polar surface area (TPSA) is 29.1 Å². The Kier molecular flexibility index (Phi) is 4.60.